The Hall–Kier alpha value is -1.40. The first kappa shape index (κ1) is 12.1. The highest BCUT2D eigenvalue weighted by Crippen LogP contribution is 2.17. The molecule has 6 nitrogen and oxygen atoms in total. The quantitative estimate of drug-likeness (QED) is 0.652. The van der Waals surface area contributed by atoms with E-state index < -0.39 is 5.97 Å². The van der Waals surface area contributed by atoms with Crippen LogP contribution in [0.15, 0.2) is 6.20 Å². The number of aromatic nitrogens is 2. The lowest BCUT2D eigenvalue weighted by Gasteiger charge is -2.42. The predicted molar refractivity (Wildman–Crippen MR) is 62.6 cm³/mol. The Morgan fingerprint density at radius 1 is 1.71 bits per heavy atom. The number of hydrogen-bond donors (Lipinski definition) is 3. The van der Waals surface area contributed by atoms with Crippen LogP contribution in [0.3, 0.4) is 0 Å². The third kappa shape index (κ3) is 2.65. The Morgan fingerprint density at radius 3 is 2.82 bits per heavy atom. The van der Waals surface area contributed by atoms with Gasteiger partial charge in [0.1, 0.15) is 0 Å². The summed E-state index contributed by atoms with van der Waals surface area (Å²) in [5.74, 6) is -0.762. The molecule has 0 aliphatic carbocycles. The summed E-state index contributed by atoms with van der Waals surface area (Å²) in [6, 6.07) is 0. The van der Waals surface area contributed by atoms with Gasteiger partial charge in [-0.25, -0.2) is 0 Å². The van der Waals surface area contributed by atoms with Crippen molar-refractivity contribution < 1.29 is 9.90 Å². The maximum atomic E-state index is 10.8. The summed E-state index contributed by atoms with van der Waals surface area (Å²) in [5, 5.41) is 19.6. The molecule has 0 radical (unpaired) electrons. The molecule has 2 heterocycles. The van der Waals surface area contributed by atoms with Gasteiger partial charge in [-0.15, -0.1) is 0 Å². The van der Waals surface area contributed by atoms with Crippen LogP contribution in [0.5, 0.6) is 0 Å². The van der Waals surface area contributed by atoms with E-state index in [4.69, 9.17) is 5.11 Å². The molecule has 0 bridgehead atoms. The second-order valence-corrected chi connectivity index (χ2v) is 4.72. The number of carboxylic acid groups (broad SMARTS) is 1. The summed E-state index contributed by atoms with van der Waals surface area (Å²) >= 11 is 0. The standard InChI is InChI=1S/C11H18N4O2/c1-8-9(5-15(2)14-8)4-13-11(3-10(16)17)6-12-7-11/h5,12-13H,3-4,6-7H2,1-2H3,(H,16,17). The number of nitrogens with one attached hydrogen (secondary N) is 2. The van der Waals surface area contributed by atoms with Crippen LogP contribution in [0.1, 0.15) is 17.7 Å². The molecule has 1 aromatic rings. The first-order valence-electron chi connectivity index (χ1n) is 5.67. The average molecular weight is 238 g/mol. The molecule has 0 spiro atoms. The van der Waals surface area contributed by atoms with Gasteiger partial charge < -0.3 is 15.7 Å². The minimum Gasteiger partial charge on any atom is -0.481 e. The zero-order chi connectivity index (χ0) is 12.5. The average Bonchev–Trinajstić information content (AvgIpc) is 2.49. The van der Waals surface area contributed by atoms with Gasteiger partial charge in [0.15, 0.2) is 0 Å². The molecule has 0 aromatic carbocycles. The van der Waals surface area contributed by atoms with Crippen molar-refractivity contribution in [3.8, 4) is 0 Å². The van der Waals surface area contributed by atoms with Gasteiger partial charge in [0.25, 0.3) is 0 Å². The van der Waals surface area contributed by atoms with Crippen LogP contribution in [-0.2, 0) is 18.4 Å². The van der Waals surface area contributed by atoms with Crippen LogP contribution < -0.4 is 10.6 Å². The summed E-state index contributed by atoms with van der Waals surface area (Å²) in [6.45, 7) is 4.03. The lowest BCUT2D eigenvalue weighted by molar-refractivity contribution is -0.139. The minimum absolute atomic E-state index is 0.152. The van der Waals surface area contributed by atoms with Gasteiger partial charge >= 0.3 is 5.97 Å². The lowest BCUT2D eigenvalue weighted by atomic mass is 9.88. The fraction of sp³-hybridized carbons (Fsp3) is 0.636. The fourth-order valence-electron chi connectivity index (χ4n) is 2.13. The molecular formula is C11H18N4O2. The molecule has 1 aliphatic heterocycles. The highest BCUT2D eigenvalue weighted by atomic mass is 16.4. The van der Waals surface area contributed by atoms with E-state index in [-0.39, 0.29) is 12.0 Å². The van der Waals surface area contributed by atoms with E-state index in [1.807, 2.05) is 20.2 Å². The van der Waals surface area contributed by atoms with Gasteiger partial charge in [-0.1, -0.05) is 0 Å². The number of rotatable bonds is 5. The van der Waals surface area contributed by atoms with E-state index in [2.05, 4.69) is 15.7 Å². The molecule has 94 valence electrons. The Balaban J connectivity index is 1.96. The summed E-state index contributed by atoms with van der Waals surface area (Å²) in [5.41, 5.74) is 1.80. The molecular weight excluding hydrogens is 220 g/mol. The highest BCUT2D eigenvalue weighted by Gasteiger charge is 2.38. The molecule has 3 N–H and O–H groups in total. The minimum atomic E-state index is -0.762. The van der Waals surface area contributed by atoms with Gasteiger partial charge in [-0.2, -0.15) is 5.10 Å². The second kappa shape index (κ2) is 4.46. The Bertz CT molecular complexity index is 423. The number of aliphatic carboxylic acids is 1. The number of aryl methyl sites for hydroxylation is 2. The van der Waals surface area contributed by atoms with Crippen molar-refractivity contribution in [1.29, 1.82) is 0 Å². The van der Waals surface area contributed by atoms with Crippen LogP contribution in [0.25, 0.3) is 0 Å². The molecule has 6 heteroatoms. The van der Waals surface area contributed by atoms with Crippen LogP contribution in [-0.4, -0.2) is 39.5 Å². The van der Waals surface area contributed by atoms with Crippen LogP contribution in [0.4, 0.5) is 0 Å². The van der Waals surface area contributed by atoms with Crippen molar-refractivity contribution in [2.24, 2.45) is 7.05 Å². The van der Waals surface area contributed by atoms with Crippen LogP contribution in [0, 0.1) is 6.92 Å². The number of carboxylic acids is 1. The van der Waals surface area contributed by atoms with Gasteiger partial charge in [0, 0.05) is 38.4 Å². The SMILES string of the molecule is Cc1nn(C)cc1CNC1(CC(=O)O)CNC1. The smallest absolute Gasteiger partial charge is 0.305 e. The van der Waals surface area contributed by atoms with E-state index in [0.29, 0.717) is 19.6 Å². The van der Waals surface area contributed by atoms with E-state index in [1.165, 1.54) is 0 Å². The lowest BCUT2D eigenvalue weighted by Crippen LogP contribution is -2.68. The Kier molecular flexibility index (Phi) is 3.17. The predicted octanol–water partition coefficient (Wildman–Crippen LogP) is -0.365. The van der Waals surface area contributed by atoms with Gasteiger partial charge in [0.2, 0.25) is 0 Å². The van der Waals surface area contributed by atoms with E-state index in [9.17, 15) is 4.79 Å². The van der Waals surface area contributed by atoms with Crippen molar-refractivity contribution in [3.63, 3.8) is 0 Å². The number of nitrogens with zero attached hydrogens (tertiary/aromatic N) is 2. The van der Waals surface area contributed by atoms with Crippen molar-refractivity contribution in [1.82, 2.24) is 20.4 Å². The maximum absolute atomic E-state index is 10.8. The van der Waals surface area contributed by atoms with E-state index >= 15 is 0 Å². The van der Waals surface area contributed by atoms with Crippen LogP contribution in [0.2, 0.25) is 0 Å². The third-order valence-electron chi connectivity index (χ3n) is 3.19. The van der Waals surface area contributed by atoms with Crippen molar-refractivity contribution in [3.05, 3.63) is 17.5 Å². The first-order chi connectivity index (χ1) is 8.01. The monoisotopic (exact) mass is 238 g/mol. The summed E-state index contributed by atoms with van der Waals surface area (Å²) < 4.78 is 1.77. The molecule has 0 saturated carbocycles. The van der Waals surface area contributed by atoms with E-state index in [0.717, 1.165) is 11.3 Å². The summed E-state index contributed by atoms with van der Waals surface area (Å²) in [6.07, 6.45) is 2.11. The van der Waals surface area contributed by atoms with Gasteiger partial charge in [-0.05, 0) is 6.92 Å². The molecule has 1 aromatic heterocycles. The molecule has 2 rings (SSSR count). The molecule has 1 fully saturated rings. The van der Waals surface area contributed by atoms with Gasteiger partial charge in [0.05, 0.1) is 17.7 Å². The number of hydrogen-bond acceptors (Lipinski definition) is 4. The fourth-order valence-corrected chi connectivity index (χ4v) is 2.13. The normalized spacial score (nSPS) is 17.8. The summed E-state index contributed by atoms with van der Waals surface area (Å²) in [4.78, 5) is 10.8. The zero-order valence-electron chi connectivity index (χ0n) is 10.2. The zero-order valence-corrected chi connectivity index (χ0v) is 10.2. The third-order valence-corrected chi connectivity index (χ3v) is 3.19. The second-order valence-electron chi connectivity index (χ2n) is 4.72. The molecule has 1 aliphatic rings. The maximum Gasteiger partial charge on any atom is 0.305 e. The van der Waals surface area contributed by atoms with Crippen molar-refractivity contribution in [2.45, 2.75) is 25.4 Å². The number of carbonyl (C=O) groups is 1. The van der Waals surface area contributed by atoms with Crippen LogP contribution >= 0.6 is 0 Å². The topological polar surface area (TPSA) is 79.2 Å². The van der Waals surface area contributed by atoms with E-state index in [1.54, 1.807) is 4.68 Å². The molecule has 0 atom stereocenters. The molecule has 0 unspecified atom stereocenters. The summed E-state index contributed by atoms with van der Waals surface area (Å²) in [7, 11) is 1.88. The molecule has 0 amide bonds. The van der Waals surface area contributed by atoms with Gasteiger partial charge in [-0.3, -0.25) is 9.48 Å². The Morgan fingerprint density at radius 2 is 2.41 bits per heavy atom. The molecule has 17 heavy (non-hydrogen) atoms. The molecule has 1 saturated heterocycles. The van der Waals surface area contributed by atoms with Crippen molar-refractivity contribution >= 4 is 5.97 Å². The largest absolute Gasteiger partial charge is 0.481 e. The highest BCUT2D eigenvalue weighted by molar-refractivity contribution is 5.68. The van der Waals surface area contributed by atoms with Crippen molar-refractivity contribution in [2.75, 3.05) is 13.1 Å². The first-order valence-corrected chi connectivity index (χ1v) is 5.67. The Labute approximate surface area is 100 Å².